The number of azide groups is 1. The molecule has 4 atom stereocenters. The molecule has 1 rings (SSSR count). The topological polar surface area (TPSA) is 87.5 Å². The third-order valence-corrected chi connectivity index (χ3v) is 2.14. The first-order valence-corrected chi connectivity index (χ1v) is 4.09. The van der Waals surface area contributed by atoms with Gasteiger partial charge in [-0.1, -0.05) is 5.11 Å². The molecule has 0 aliphatic carbocycles. The highest BCUT2D eigenvalue weighted by molar-refractivity contribution is 4.85. The van der Waals surface area contributed by atoms with Gasteiger partial charge in [-0.05, 0) is 12.5 Å². The normalized spacial score (nSPS) is 39.6. The largest absolute Gasteiger partial charge is 0.390 e. The summed E-state index contributed by atoms with van der Waals surface area (Å²) in [4.78, 5) is 2.67. The van der Waals surface area contributed by atoms with Crippen molar-refractivity contribution in [3.63, 3.8) is 0 Å². The Hall–Kier alpha value is -0.810. The second-order valence-corrected chi connectivity index (χ2v) is 3.01. The van der Waals surface area contributed by atoms with Crippen LogP contribution in [-0.4, -0.2) is 36.8 Å². The molecule has 74 valence electrons. The standard InChI is InChI=1S/C7H13N3O3/c1-4-7(11)5(9-10-8)3-6(12-2)13-4/h4-7,11H,3H2,1-2H3/t4-,5-,6+,7+/m0/s1. The summed E-state index contributed by atoms with van der Waals surface area (Å²) in [6.45, 7) is 1.72. The SMILES string of the molecule is CO[C@H]1C[C@H](N=[N+]=[N-])[C@H](O)[C@H](C)O1. The molecule has 1 fully saturated rings. The highest BCUT2D eigenvalue weighted by Crippen LogP contribution is 2.22. The van der Waals surface area contributed by atoms with Crippen LogP contribution in [0, 0.1) is 0 Å². The van der Waals surface area contributed by atoms with Gasteiger partial charge in [0.05, 0.1) is 18.2 Å². The number of rotatable bonds is 2. The van der Waals surface area contributed by atoms with Gasteiger partial charge in [0.25, 0.3) is 0 Å². The molecule has 0 bridgehead atoms. The van der Waals surface area contributed by atoms with E-state index in [1.54, 1.807) is 6.92 Å². The van der Waals surface area contributed by atoms with E-state index in [1.165, 1.54) is 7.11 Å². The van der Waals surface area contributed by atoms with E-state index in [0.29, 0.717) is 6.42 Å². The van der Waals surface area contributed by atoms with Crippen molar-refractivity contribution in [2.24, 2.45) is 5.11 Å². The zero-order valence-corrected chi connectivity index (χ0v) is 7.62. The molecule has 0 amide bonds. The van der Waals surface area contributed by atoms with Gasteiger partial charge in [0.1, 0.15) is 0 Å². The maximum Gasteiger partial charge on any atom is 0.158 e. The molecule has 0 aromatic rings. The molecule has 1 saturated heterocycles. The predicted octanol–water partition coefficient (Wildman–Crippen LogP) is 0.807. The fourth-order valence-corrected chi connectivity index (χ4v) is 1.36. The number of aliphatic hydroxyl groups excluding tert-OH is 1. The van der Waals surface area contributed by atoms with Crippen LogP contribution in [0.3, 0.4) is 0 Å². The summed E-state index contributed by atoms with van der Waals surface area (Å²) in [6.07, 6.45) is -1.11. The summed E-state index contributed by atoms with van der Waals surface area (Å²) < 4.78 is 10.2. The first-order chi connectivity index (χ1) is 6.19. The fourth-order valence-electron chi connectivity index (χ4n) is 1.36. The van der Waals surface area contributed by atoms with E-state index >= 15 is 0 Å². The lowest BCUT2D eigenvalue weighted by Crippen LogP contribution is -2.46. The van der Waals surface area contributed by atoms with Crippen LogP contribution < -0.4 is 0 Å². The molecule has 0 aromatic heterocycles. The van der Waals surface area contributed by atoms with Gasteiger partial charge < -0.3 is 14.6 Å². The number of nitrogens with zero attached hydrogens (tertiary/aromatic N) is 3. The Labute approximate surface area is 76.1 Å². The molecule has 0 unspecified atom stereocenters. The number of ether oxygens (including phenoxy) is 2. The number of methoxy groups -OCH3 is 1. The van der Waals surface area contributed by atoms with E-state index in [-0.39, 0.29) is 6.10 Å². The van der Waals surface area contributed by atoms with Gasteiger partial charge in [-0.2, -0.15) is 0 Å². The second kappa shape index (κ2) is 4.43. The van der Waals surface area contributed by atoms with Crippen LogP contribution in [0.15, 0.2) is 5.11 Å². The van der Waals surface area contributed by atoms with Crippen LogP contribution in [0.2, 0.25) is 0 Å². The summed E-state index contributed by atoms with van der Waals surface area (Å²) >= 11 is 0. The van der Waals surface area contributed by atoms with E-state index < -0.39 is 18.4 Å². The van der Waals surface area contributed by atoms with Crippen LogP contribution in [0.4, 0.5) is 0 Å². The molecular formula is C7H13N3O3. The fraction of sp³-hybridized carbons (Fsp3) is 1.00. The Balaban J connectivity index is 2.65. The molecule has 0 saturated carbocycles. The Morgan fingerprint density at radius 3 is 2.92 bits per heavy atom. The molecule has 6 nitrogen and oxygen atoms in total. The number of hydrogen-bond donors (Lipinski definition) is 1. The van der Waals surface area contributed by atoms with Gasteiger partial charge in [0.15, 0.2) is 6.29 Å². The lowest BCUT2D eigenvalue weighted by molar-refractivity contribution is -0.211. The summed E-state index contributed by atoms with van der Waals surface area (Å²) in [6, 6.07) is -0.460. The van der Waals surface area contributed by atoms with E-state index in [9.17, 15) is 5.11 Å². The summed E-state index contributed by atoms with van der Waals surface area (Å²) in [5.74, 6) is 0. The van der Waals surface area contributed by atoms with Crippen LogP contribution in [0.5, 0.6) is 0 Å². The maximum atomic E-state index is 9.54. The molecule has 1 heterocycles. The average Bonchev–Trinajstić information content (AvgIpc) is 2.13. The zero-order valence-electron chi connectivity index (χ0n) is 7.62. The van der Waals surface area contributed by atoms with Crippen molar-refractivity contribution in [1.29, 1.82) is 0 Å². The molecule has 6 heteroatoms. The van der Waals surface area contributed by atoms with Crippen molar-refractivity contribution in [2.45, 2.75) is 37.9 Å². The highest BCUT2D eigenvalue weighted by atomic mass is 16.7. The van der Waals surface area contributed by atoms with Gasteiger partial charge in [0.2, 0.25) is 0 Å². The van der Waals surface area contributed by atoms with Gasteiger partial charge in [0, 0.05) is 18.4 Å². The van der Waals surface area contributed by atoms with Crippen molar-refractivity contribution < 1.29 is 14.6 Å². The Bertz CT molecular complexity index is 217. The molecule has 1 N–H and O–H groups in total. The quantitative estimate of drug-likeness (QED) is 0.394. The molecule has 0 spiro atoms. The highest BCUT2D eigenvalue weighted by Gasteiger charge is 2.34. The van der Waals surface area contributed by atoms with Crippen molar-refractivity contribution in [3.8, 4) is 0 Å². The summed E-state index contributed by atoms with van der Waals surface area (Å²) in [5.41, 5.74) is 8.25. The van der Waals surface area contributed by atoms with Gasteiger partial charge in [-0.15, -0.1) is 0 Å². The molecule has 0 aromatic carbocycles. The smallest absolute Gasteiger partial charge is 0.158 e. The van der Waals surface area contributed by atoms with E-state index in [2.05, 4.69) is 10.0 Å². The Morgan fingerprint density at radius 1 is 1.69 bits per heavy atom. The lowest BCUT2D eigenvalue weighted by atomic mass is 10.0. The van der Waals surface area contributed by atoms with Crippen LogP contribution in [-0.2, 0) is 9.47 Å². The minimum absolute atomic E-state index is 0.366. The molecule has 13 heavy (non-hydrogen) atoms. The first kappa shape index (κ1) is 10.3. The minimum atomic E-state index is -0.748. The van der Waals surface area contributed by atoms with Crippen LogP contribution >= 0.6 is 0 Å². The first-order valence-electron chi connectivity index (χ1n) is 4.09. The van der Waals surface area contributed by atoms with Crippen LogP contribution in [0.1, 0.15) is 13.3 Å². The second-order valence-electron chi connectivity index (χ2n) is 3.01. The zero-order chi connectivity index (χ0) is 9.84. The van der Waals surface area contributed by atoms with Crippen molar-refractivity contribution in [3.05, 3.63) is 10.4 Å². The summed E-state index contributed by atoms with van der Waals surface area (Å²) in [7, 11) is 1.52. The molecular weight excluding hydrogens is 174 g/mol. The van der Waals surface area contributed by atoms with Gasteiger partial charge in [-0.3, -0.25) is 0 Å². The van der Waals surface area contributed by atoms with Gasteiger partial charge >= 0.3 is 0 Å². The van der Waals surface area contributed by atoms with Crippen molar-refractivity contribution >= 4 is 0 Å². The number of aliphatic hydroxyl groups is 1. The Morgan fingerprint density at radius 2 is 2.38 bits per heavy atom. The maximum absolute atomic E-state index is 9.54. The van der Waals surface area contributed by atoms with E-state index in [1.807, 2.05) is 0 Å². The van der Waals surface area contributed by atoms with Crippen molar-refractivity contribution in [1.82, 2.24) is 0 Å². The predicted molar refractivity (Wildman–Crippen MR) is 44.9 cm³/mol. The number of hydrogen-bond acceptors (Lipinski definition) is 4. The average molecular weight is 187 g/mol. The molecule has 1 aliphatic rings. The molecule has 0 radical (unpaired) electrons. The lowest BCUT2D eigenvalue weighted by Gasteiger charge is -2.34. The van der Waals surface area contributed by atoms with E-state index in [0.717, 1.165) is 0 Å². The van der Waals surface area contributed by atoms with Crippen molar-refractivity contribution in [2.75, 3.05) is 7.11 Å². The van der Waals surface area contributed by atoms with Crippen LogP contribution in [0.25, 0.3) is 10.4 Å². The van der Waals surface area contributed by atoms with Gasteiger partial charge in [-0.25, -0.2) is 0 Å². The monoisotopic (exact) mass is 187 g/mol. The molecule has 1 aliphatic heterocycles. The third-order valence-electron chi connectivity index (χ3n) is 2.14. The summed E-state index contributed by atoms with van der Waals surface area (Å²) in [5, 5.41) is 13.0. The van der Waals surface area contributed by atoms with E-state index in [4.69, 9.17) is 15.0 Å². The third kappa shape index (κ3) is 2.32. The minimum Gasteiger partial charge on any atom is -0.390 e. The Kier molecular flexibility index (Phi) is 3.50.